The number of nitrogens with zero attached hydrogens (tertiary/aromatic N) is 2. The van der Waals surface area contributed by atoms with Crippen LogP contribution in [0.5, 0.6) is 0 Å². The first-order valence-electron chi connectivity index (χ1n) is 6.37. The van der Waals surface area contributed by atoms with Crippen LogP contribution in [0.1, 0.15) is 34.6 Å². The Morgan fingerprint density at radius 2 is 2.00 bits per heavy atom. The van der Waals surface area contributed by atoms with Crippen LogP contribution in [0.15, 0.2) is 27.1 Å². The Morgan fingerprint density at radius 3 is 2.75 bits per heavy atom. The van der Waals surface area contributed by atoms with Crippen molar-refractivity contribution in [2.24, 2.45) is 0 Å². The monoisotopic (exact) mass is 398 g/mol. The number of carboxylic acid groups (broad SMARTS) is 1. The van der Waals surface area contributed by atoms with Crippen LogP contribution in [0, 0.1) is 0 Å². The second-order valence-corrected chi connectivity index (χ2v) is 6.56. The van der Waals surface area contributed by atoms with Gasteiger partial charge in [-0.1, -0.05) is 15.9 Å². The summed E-state index contributed by atoms with van der Waals surface area (Å²) >= 11 is 6.96. The lowest BCUT2D eigenvalue weighted by atomic mass is 9.95. The van der Waals surface area contributed by atoms with Gasteiger partial charge in [-0.2, -0.15) is 5.10 Å². The molecule has 4 nitrogen and oxygen atoms in total. The molecule has 0 unspecified atom stereocenters. The zero-order valence-corrected chi connectivity index (χ0v) is 13.7. The predicted molar refractivity (Wildman–Crippen MR) is 82.6 cm³/mol. The van der Waals surface area contributed by atoms with E-state index in [0.29, 0.717) is 0 Å². The van der Waals surface area contributed by atoms with E-state index in [1.54, 1.807) is 4.68 Å². The summed E-state index contributed by atoms with van der Waals surface area (Å²) in [6, 6.07) is 5.80. The standard InChI is InChI=1S/C14H12Br2N2O2/c15-8-5-6-10(16)12(7-8)18-11-4-2-1-3-9(11)13(17-18)14(19)20/h5-7H,1-4H2,(H,19,20). The lowest BCUT2D eigenvalue weighted by molar-refractivity contribution is 0.0688. The molecule has 0 bridgehead atoms. The molecule has 0 amide bonds. The average molecular weight is 400 g/mol. The molecule has 0 radical (unpaired) electrons. The molecule has 0 saturated carbocycles. The summed E-state index contributed by atoms with van der Waals surface area (Å²) in [6.45, 7) is 0. The Hall–Kier alpha value is -1.14. The maximum Gasteiger partial charge on any atom is 0.356 e. The van der Waals surface area contributed by atoms with Gasteiger partial charge in [0.15, 0.2) is 5.69 Å². The van der Waals surface area contributed by atoms with Crippen molar-refractivity contribution in [2.45, 2.75) is 25.7 Å². The van der Waals surface area contributed by atoms with Crippen molar-refractivity contribution >= 4 is 37.8 Å². The third-order valence-corrected chi connectivity index (χ3v) is 4.68. The number of benzene rings is 1. The molecule has 1 aromatic heterocycles. The first-order valence-corrected chi connectivity index (χ1v) is 7.96. The molecule has 1 heterocycles. The Bertz CT molecular complexity index is 695. The van der Waals surface area contributed by atoms with Crippen molar-refractivity contribution in [3.8, 4) is 5.69 Å². The van der Waals surface area contributed by atoms with Crippen LogP contribution < -0.4 is 0 Å². The molecule has 0 fully saturated rings. The van der Waals surface area contributed by atoms with Gasteiger partial charge in [-0.15, -0.1) is 0 Å². The van der Waals surface area contributed by atoms with E-state index in [0.717, 1.165) is 51.6 Å². The molecular formula is C14H12Br2N2O2. The van der Waals surface area contributed by atoms with Gasteiger partial charge in [0.1, 0.15) is 0 Å². The van der Waals surface area contributed by atoms with Gasteiger partial charge in [-0.05, 0) is 59.8 Å². The fourth-order valence-corrected chi connectivity index (χ4v) is 3.38. The van der Waals surface area contributed by atoms with Crippen LogP contribution in [-0.4, -0.2) is 20.9 Å². The highest BCUT2D eigenvalue weighted by Crippen LogP contribution is 2.31. The minimum absolute atomic E-state index is 0.187. The molecular weight excluding hydrogens is 388 g/mol. The number of hydrogen-bond acceptors (Lipinski definition) is 2. The van der Waals surface area contributed by atoms with Gasteiger partial charge < -0.3 is 5.11 Å². The third kappa shape index (κ3) is 2.31. The van der Waals surface area contributed by atoms with E-state index in [9.17, 15) is 9.90 Å². The number of carboxylic acids is 1. The summed E-state index contributed by atoms with van der Waals surface area (Å²) in [7, 11) is 0. The molecule has 1 N–H and O–H groups in total. The van der Waals surface area contributed by atoms with Crippen molar-refractivity contribution < 1.29 is 9.90 Å². The summed E-state index contributed by atoms with van der Waals surface area (Å²) in [6.07, 6.45) is 3.76. The Balaban J connectivity index is 2.23. The Labute approximate surface area is 133 Å². The third-order valence-electron chi connectivity index (χ3n) is 3.52. The molecule has 0 aliphatic heterocycles. The predicted octanol–water partition coefficient (Wildman–Crippen LogP) is 3.97. The average Bonchev–Trinajstić information content (AvgIpc) is 2.81. The van der Waals surface area contributed by atoms with Gasteiger partial charge in [-0.25, -0.2) is 9.48 Å². The first kappa shape index (κ1) is 13.8. The number of aromatic nitrogens is 2. The van der Waals surface area contributed by atoms with Crippen molar-refractivity contribution in [2.75, 3.05) is 0 Å². The smallest absolute Gasteiger partial charge is 0.356 e. The van der Waals surface area contributed by atoms with Crippen molar-refractivity contribution in [1.29, 1.82) is 0 Å². The first-order chi connectivity index (χ1) is 9.58. The molecule has 1 aliphatic rings. The van der Waals surface area contributed by atoms with Gasteiger partial charge in [0.2, 0.25) is 0 Å². The molecule has 6 heteroatoms. The van der Waals surface area contributed by atoms with Crippen molar-refractivity contribution in [1.82, 2.24) is 9.78 Å². The van der Waals surface area contributed by atoms with Crippen molar-refractivity contribution in [3.05, 3.63) is 44.1 Å². The molecule has 20 heavy (non-hydrogen) atoms. The second-order valence-electron chi connectivity index (χ2n) is 4.79. The molecule has 0 atom stereocenters. The number of fused-ring (bicyclic) bond motifs is 1. The molecule has 0 saturated heterocycles. The van der Waals surface area contributed by atoms with Gasteiger partial charge in [0, 0.05) is 20.2 Å². The highest BCUT2D eigenvalue weighted by Gasteiger charge is 2.25. The SMILES string of the molecule is O=C(O)c1nn(-c2cc(Br)ccc2Br)c2c1CCCC2. The van der Waals surface area contributed by atoms with E-state index in [1.165, 1.54) is 0 Å². The molecule has 3 rings (SSSR count). The van der Waals surface area contributed by atoms with Crippen molar-refractivity contribution in [3.63, 3.8) is 0 Å². The van der Waals surface area contributed by atoms with Gasteiger partial charge in [-0.3, -0.25) is 0 Å². The maximum absolute atomic E-state index is 11.4. The highest BCUT2D eigenvalue weighted by atomic mass is 79.9. The van der Waals surface area contributed by atoms with Crippen LogP contribution in [0.25, 0.3) is 5.69 Å². The normalized spacial score (nSPS) is 14.1. The zero-order valence-electron chi connectivity index (χ0n) is 10.6. The van der Waals surface area contributed by atoms with E-state index in [4.69, 9.17) is 0 Å². The second kappa shape index (κ2) is 5.33. The van der Waals surface area contributed by atoms with E-state index in [-0.39, 0.29) is 5.69 Å². The Kier molecular flexibility index (Phi) is 3.69. The number of carbonyl (C=O) groups is 1. The quantitative estimate of drug-likeness (QED) is 0.830. The van der Waals surface area contributed by atoms with Crippen LogP contribution in [0.4, 0.5) is 0 Å². The number of rotatable bonds is 2. The lowest BCUT2D eigenvalue weighted by Crippen LogP contribution is -2.08. The van der Waals surface area contributed by atoms with Crippen LogP contribution in [0.3, 0.4) is 0 Å². The summed E-state index contributed by atoms with van der Waals surface area (Å²) in [5.41, 5.74) is 2.96. The van der Waals surface area contributed by atoms with Gasteiger partial charge in [0.25, 0.3) is 0 Å². The molecule has 0 spiro atoms. The summed E-state index contributed by atoms with van der Waals surface area (Å²) in [5, 5.41) is 13.7. The van der Waals surface area contributed by atoms with E-state index in [1.807, 2.05) is 18.2 Å². The van der Waals surface area contributed by atoms with Crippen LogP contribution >= 0.6 is 31.9 Å². The highest BCUT2D eigenvalue weighted by molar-refractivity contribution is 9.11. The lowest BCUT2D eigenvalue weighted by Gasteiger charge is -2.15. The van der Waals surface area contributed by atoms with Crippen LogP contribution in [-0.2, 0) is 12.8 Å². The fraction of sp³-hybridized carbons (Fsp3) is 0.286. The summed E-state index contributed by atoms with van der Waals surface area (Å²) < 4.78 is 3.61. The molecule has 2 aromatic rings. The van der Waals surface area contributed by atoms with E-state index >= 15 is 0 Å². The molecule has 104 valence electrons. The van der Waals surface area contributed by atoms with Crippen LogP contribution in [0.2, 0.25) is 0 Å². The van der Waals surface area contributed by atoms with E-state index in [2.05, 4.69) is 37.0 Å². The largest absolute Gasteiger partial charge is 0.476 e. The van der Waals surface area contributed by atoms with Gasteiger partial charge >= 0.3 is 5.97 Å². The maximum atomic E-state index is 11.4. The zero-order chi connectivity index (χ0) is 14.3. The molecule has 1 aromatic carbocycles. The van der Waals surface area contributed by atoms with E-state index < -0.39 is 5.97 Å². The Morgan fingerprint density at radius 1 is 1.25 bits per heavy atom. The summed E-state index contributed by atoms with van der Waals surface area (Å²) in [4.78, 5) is 11.4. The number of hydrogen-bond donors (Lipinski definition) is 1. The number of aromatic carboxylic acids is 1. The number of halogens is 2. The minimum Gasteiger partial charge on any atom is -0.476 e. The topological polar surface area (TPSA) is 55.1 Å². The summed E-state index contributed by atoms with van der Waals surface area (Å²) in [5.74, 6) is -0.951. The fourth-order valence-electron chi connectivity index (χ4n) is 2.62. The molecule has 1 aliphatic carbocycles. The minimum atomic E-state index is -0.951. The van der Waals surface area contributed by atoms with Gasteiger partial charge in [0.05, 0.1) is 5.69 Å².